The molecule has 2 aliphatic rings. The summed E-state index contributed by atoms with van der Waals surface area (Å²) in [6, 6.07) is 2.55. The van der Waals surface area contributed by atoms with E-state index in [0.717, 1.165) is 31.4 Å². The molecule has 1 aliphatic carbocycles. The monoisotopic (exact) mass is 538 g/mol. The minimum atomic E-state index is -1.64. The van der Waals surface area contributed by atoms with Crippen LogP contribution in [0.15, 0.2) is 28.9 Å². The number of ether oxygens (including phenoxy) is 2. The van der Waals surface area contributed by atoms with Crippen LogP contribution in [0.2, 0.25) is 0 Å². The molecule has 1 saturated heterocycles. The molecule has 3 aromatic rings. The van der Waals surface area contributed by atoms with E-state index in [1.807, 2.05) is 0 Å². The van der Waals surface area contributed by atoms with Crippen molar-refractivity contribution in [1.29, 1.82) is 0 Å². The summed E-state index contributed by atoms with van der Waals surface area (Å²) < 4.78 is 59.8. The Kier molecular flexibility index (Phi) is 7.56. The Hall–Kier alpha value is -2.84. The molecule has 38 heavy (non-hydrogen) atoms. The van der Waals surface area contributed by atoms with Crippen molar-refractivity contribution in [1.82, 2.24) is 20.2 Å². The molecule has 13 heteroatoms. The Morgan fingerprint density at radius 3 is 2.61 bits per heavy atom. The SMILES string of the molecule is CO[C@@H]1[C@@H](n2cc(-c3ccc(F)c(F)c3F)nn2)[C@@H](O)[C@@H](CO)O[C@@H]1Cc1cc(C2(O)CCCCC2)on1. The van der Waals surface area contributed by atoms with Crippen molar-refractivity contribution < 1.29 is 42.5 Å². The van der Waals surface area contributed by atoms with Gasteiger partial charge in [0.2, 0.25) is 0 Å². The molecule has 10 nitrogen and oxygen atoms in total. The molecule has 1 saturated carbocycles. The maximum absolute atomic E-state index is 14.4. The van der Waals surface area contributed by atoms with E-state index >= 15 is 0 Å². The van der Waals surface area contributed by atoms with Gasteiger partial charge in [-0.2, -0.15) is 0 Å². The van der Waals surface area contributed by atoms with Crippen molar-refractivity contribution in [3.63, 3.8) is 0 Å². The van der Waals surface area contributed by atoms with E-state index < -0.39 is 60.1 Å². The third kappa shape index (κ3) is 4.84. The highest BCUT2D eigenvalue weighted by molar-refractivity contribution is 5.58. The molecular formula is C25H29F3N4O6. The average Bonchev–Trinajstić information content (AvgIpc) is 3.59. The Balaban J connectivity index is 1.42. The van der Waals surface area contributed by atoms with Gasteiger partial charge in [0.15, 0.2) is 23.2 Å². The highest BCUT2D eigenvalue weighted by atomic mass is 19.2. The molecule has 5 atom stereocenters. The Bertz CT molecular complexity index is 1260. The molecule has 0 bridgehead atoms. The molecule has 3 heterocycles. The Morgan fingerprint density at radius 2 is 1.89 bits per heavy atom. The third-order valence-electron chi connectivity index (χ3n) is 7.47. The van der Waals surface area contributed by atoms with Gasteiger partial charge in [0.25, 0.3) is 0 Å². The average molecular weight is 539 g/mol. The summed E-state index contributed by atoms with van der Waals surface area (Å²) in [4.78, 5) is 0. The van der Waals surface area contributed by atoms with Crippen molar-refractivity contribution in [2.24, 2.45) is 0 Å². The summed E-state index contributed by atoms with van der Waals surface area (Å²) in [6.45, 7) is -0.520. The summed E-state index contributed by atoms with van der Waals surface area (Å²) in [6.07, 6.45) is 1.51. The first-order valence-electron chi connectivity index (χ1n) is 12.5. The topological polar surface area (TPSA) is 136 Å². The number of methoxy groups -OCH3 is 1. The van der Waals surface area contributed by atoms with Crippen LogP contribution < -0.4 is 0 Å². The van der Waals surface area contributed by atoms with Crippen LogP contribution >= 0.6 is 0 Å². The second-order valence-corrected chi connectivity index (χ2v) is 9.86. The van der Waals surface area contributed by atoms with E-state index in [9.17, 15) is 28.5 Å². The maximum atomic E-state index is 14.4. The van der Waals surface area contributed by atoms with E-state index in [2.05, 4.69) is 15.5 Å². The third-order valence-corrected chi connectivity index (χ3v) is 7.47. The lowest BCUT2D eigenvalue weighted by molar-refractivity contribution is -0.212. The van der Waals surface area contributed by atoms with Crippen LogP contribution in [0.3, 0.4) is 0 Å². The number of aliphatic hydroxyl groups excluding tert-OH is 2. The zero-order valence-electron chi connectivity index (χ0n) is 20.6. The number of nitrogens with zero attached hydrogens (tertiary/aromatic N) is 4. The maximum Gasteiger partial charge on any atom is 0.195 e. The molecule has 2 fully saturated rings. The number of benzene rings is 1. The number of halogens is 3. The van der Waals surface area contributed by atoms with Gasteiger partial charge < -0.3 is 29.3 Å². The number of hydrogen-bond acceptors (Lipinski definition) is 9. The fourth-order valence-electron chi connectivity index (χ4n) is 5.42. The van der Waals surface area contributed by atoms with Crippen LogP contribution in [0.4, 0.5) is 13.2 Å². The number of rotatable bonds is 7. The quantitative estimate of drug-likeness (QED) is 0.388. The predicted octanol–water partition coefficient (Wildman–Crippen LogP) is 2.42. The fourth-order valence-corrected chi connectivity index (χ4v) is 5.42. The van der Waals surface area contributed by atoms with Crippen LogP contribution in [0, 0.1) is 17.5 Å². The second-order valence-electron chi connectivity index (χ2n) is 9.86. The number of aromatic nitrogens is 4. The first-order chi connectivity index (χ1) is 18.3. The van der Waals surface area contributed by atoms with E-state index in [4.69, 9.17) is 14.0 Å². The fraction of sp³-hybridized carbons (Fsp3) is 0.560. The molecule has 0 amide bonds. The summed E-state index contributed by atoms with van der Waals surface area (Å²) in [5, 5.41) is 43.8. The molecule has 2 aromatic heterocycles. The van der Waals surface area contributed by atoms with Crippen LogP contribution in [0.25, 0.3) is 11.3 Å². The molecule has 0 spiro atoms. The van der Waals surface area contributed by atoms with Gasteiger partial charge in [0.1, 0.15) is 35.6 Å². The van der Waals surface area contributed by atoms with Gasteiger partial charge in [-0.05, 0) is 25.0 Å². The van der Waals surface area contributed by atoms with Crippen molar-refractivity contribution in [2.75, 3.05) is 13.7 Å². The zero-order chi connectivity index (χ0) is 27.0. The molecule has 3 N–H and O–H groups in total. The van der Waals surface area contributed by atoms with Gasteiger partial charge in [-0.1, -0.05) is 29.6 Å². The predicted molar refractivity (Wildman–Crippen MR) is 124 cm³/mol. The molecule has 0 unspecified atom stereocenters. The normalized spacial score (nSPS) is 27.5. The molecule has 1 aliphatic heterocycles. The van der Waals surface area contributed by atoms with Crippen molar-refractivity contribution in [2.45, 2.75) is 74.6 Å². The van der Waals surface area contributed by atoms with E-state index in [-0.39, 0.29) is 17.7 Å². The molecule has 5 rings (SSSR count). The summed E-state index contributed by atoms with van der Waals surface area (Å²) >= 11 is 0. The van der Waals surface area contributed by atoms with Crippen LogP contribution in [-0.4, -0.2) is 73.6 Å². The minimum Gasteiger partial charge on any atom is -0.394 e. The van der Waals surface area contributed by atoms with Crippen molar-refractivity contribution in [3.8, 4) is 11.3 Å². The number of aliphatic hydroxyl groups is 3. The van der Waals surface area contributed by atoms with Crippen molar-refractivity contribution in [3.05, 3.63) is 53.3 Å². The van der Waals surface area contributed by atoms with E-state index in [0.29, 0.717) is 24.3 Å². The van der Waals surface area contributed by atoms with E-state index in [1.165, 1.54) is 18.0 Å². The first-order valence-corrected chi connectivity index (χ1v) is 12.5. The zero-order valence-corrected chi connectivity index (χ0v) is 20.6. The largest absolute Gasteiger partial charge is 0.394 e. The lowest BCUT2D eigenvalue weighted by atomic mass is 9.83. The van der Waals surface area contributed by atoms with Gasteiger partial charge in [0, 0.05) is 25.2 Å². The molecule has 0 radical (unpaired) electrons. The summed E-state index contributed by atoms with van der Waals surface area (Å²) in [5.41, 5.74) is -0.984. The Labute approximate surface area is 216 Å². The standard InChI is InChI=1S/C25H29F3N4O6/c1-36-24-17(9-13-10-19(38-30-13)25(35)7-3-2-4-8-25)37-18(12-33)23(34)22(24)32-11-16(29-31-32)14-5-6-15(26)21(28)20(14)27/h5-6,10-11,17-18,22-24,33-35H,2-4,7-9,12H2,1H3/t17-,18-,22+,23+,24+/m1/s1. The van der Waals surface area contributed by atoms with Gasteiger partial charge in [-0.15, -0.1) is 5.10 Å². The van der Waals surface area contributed by atoms with Gasteiger partial charge in [0.05, 0.1) is 24.6 Å². The van der Waals surface area contributed by atoms with Crippen molar-refractivity contribution >= 4 is 0 Å². The second kappa shape index (κ2) is 10.7. The van der Waals surface area contributed by atoms with Gasteiger partial charge in [-0.25, -0.2) is 17.9 Å². The smallest absolute Gasteiger partial charge is 0.195 e. The number of hydrogen-bond donors (Lipinski definition) is 3. The van der Waals surface area contributed by atoms with Crippen LogP contribution in [0.1, 0.15) is 49.6 Å². The van der Waals surface area contributed by atoms with Gasteiger partial charge in [-0.3, -0.25) is 0 Å². The lowest BCUT2D eigenvalue weighted by Gasteiger charge is -2.43. The first kappa shape index (κ1) is 26.8. The van der Waals surface area contributed by atoms with E-state index in [1.54, 1.807) is 6.07 Å². The molecular weight excluding hydrogens is 509 g/mol. The molecule has 206 valence electrons. The lowest BCUT2D eigenvalue weighted by Crippen LogP contribution is -2.57. The summed E-state index contributed by atoms with van der Waals surface area (Å²) in [7, 11) is 1.41. The van der Waals surface area contributed by atoms with Crippen LogP contribution in [0.5, 0.6) is 0 Å². The molecule has 1 aromatic carbocycles. The highest BCUT2D eigenvalue weighted by Crippen LogP contribution is 2.38. The highest BCUT2D eigenvalue weighted by Gasteiger charge is 2.47. The van der Waals surface area contributed by atoms with Gasteiger partial charge >= 0.3 is 0 Å². The summed E-state index contributed by atoms with van der Waals surface area (Å²) in [5.74, 6) is -4.01. The van der Waals surface area contributed by atoms with Crippen LogP contribution in [-0.2, 0) is 21.5 Å². The minimum absolute atomic E-state index is 0.0890. The Morgan fingerprint density at radius 1 is 1.13 bits per heavy atom.